The Bertz CT molecular complexity index is 400. The van der Waals surface area contributed by atoms with E-state index >= 15 is 0 Å². The van der Waals surface area contributed by atoms with E-state index in [9.17, 15) is 9.18 Å². The van der Waals surface area contributed by atoms with Crippen LogP contribution in [0.3, 0.4) is 0 Å². The summed E-state index contributed by atoms with van der Waals surface area (Å²) in [6.45, 7) is 1.59. The zero-order valence-electron chi connectivity index (χ0n) is 7.88. The maximum atomic E-state index is 13.5. The number of hydrogen-bond acceptors (Lipinski definition) is 1. The van der Waals surface area contributed by atoms with Gasteiger partial charge >= 0.3 is 5.97 Å². The van der Waals surface area contributed by atoms with Crippen molar-refractivity contribution in [3.05, 3.63) is 35.1 Å². The molecule has 1 unspecified atom stereocenters. The predicted molar refractivity (Wildman–Crippen MR) is 49.7 cm³/mol. The molecule has 0 aliphatic heterocycles. The Labute approximate surface area is 81.4 Å². The van der Waals surface area contributed by atoms with Crippen molar-refractivity contribution in [1.82, 2.24) is 0 Å². The van der Waals surface area contributed by atoms with Crippen LogP contribution in [0.4, 0.5) is 4.39 Å². The van der Waals surface area contributed by atoms with Gasteiger partial charge in [-0.2, -0.15) is 0 Å². The van der Waals surface area contributed by atoms with Gasteiger partial charge in [0.25, 0.3) is 0 Å². The molecular formula is C11H11FO2. The second-order valence-corrected chi connectivity index (χ2v) is 3.91. The second kappa shape index (κ2) is 2.80. The summed E-state index contributed by atoms with van der Waals surface area (Å²) in [5, 5.41) is 9.08. The van der Waals surface area contributed by atoms with Crippen molar-refractivity contribution in [3.8, 4) is 0 Å². The van der Waals surface area contributed by atoms with Crippen molar-refractivity contribution in [2.75, 3.05) is 0 Å². The molecule has 0 amide bonds. The summed E-state index contributed by atoms with van der Waals surface area (Å²) >= 11 is 0. The van der Waals surface area contributed by atoms with Gasteiger partial charge in [0.15, 0.2) is 0 Å². The van der Waals surface area contributed by atoms with Gasteiger partial charge in [0, 0.05) is 5.56 Å². The second-order valence-electron chi connectivity index (χ2n) is 3.91. The standard InChI is InChI=1S/C11H11FO2/c1-11(10(13)14)6-5-7-3-2-4-8(12)9(7)11/h2-4H,5-6H2,1H3,(H,13,14). The molecule has 1 aliphatic rings. The van der Waals surface area contributed by atoms with E-state index in [1.807, 2.05) is 0 Å². The molecule has 1 aromatic rings. The van der Waals surface area contributed by atoms with Crippen LogP contribution in [-0.2, 0) is 16.6 Å². The van der Waals surface area contributed by atoms with Gasteiger partial charge in [-0.25, -0.2) is 4.39 Å². The lowest BCUT2D eigenvalue weighted by Crippen LogP contribution is -2.30. The minimum Gasteiger partial charge on any atom is -0.481 e. The molecule has 1 aromatic carbocycles. The molecule has 0 saturated heterocycles. The fraction of sp³-hybridized carbons (Fsp3) is 0.364. The minimum absolute atomic E-state index is 0.368. The quantitative estimate of drug-likeness (QED) is 0.743. The molecule has 0 spiro atoms. The van der Waals surface area contributed by atoms with E-state index in [1.54, 1.807) is 19.1 Å². The van der Waals surface area contributed by atoms with E-state index in [-0.39, 0.29) is 0 Å². The molecule has 74 valence electrons. The van der Waals surface area contributed by atoms with Gasteiger partial charge in [0.05, 0.1) is 5.41 Å². The van der Waals surface area contributed by atoms with Crippen LogP contribution >= 0.6 is 0 Å². The highest BCUT2D eigenvalue weighted by Crippen LogP contribution is 2.40. The number of benzene rings is 1. The van der Waals surface area contributed by atoms with Crippen LogP contribution in [0.1, 0.15) is 24.5 Å². The van der Waals surface area contributed by atoms with Crippen LogP contribution in [0.25, 0.3) is 0 Å². The van der Waals surface area contributed by atoms with Crippen LogP contribution in [0.5, 0.6) is 0 Å². The van der Waals surface area contributed by atoms with Crippen LogP contribution < -0.4 is 0 Å². The Hall–Kier alpha value is -1.38. The molecule has 2 rings (SSSR count). The third kappa shape index (κ3) is 1.05. The average Bonchev–Trinajstić information content (AvgIpc) is 2.47. The van der Waals surface area contributed by atoms with Crippen molar-refractivity contribution in [2.24, 2.45) is 0 Å². The average molecular weight is 194 g/mol. The zero-order chi connectivity index (χ0) is 10.3. The van der Waals surface area contributed by atoms with E-state index in [2.05, 4.69) is 0 Å². The van der Waals surface area contributed by atoms with Crippen LogP contribution in [0.15, 0.2) is 18.2 Å². The topological polar surface area (TPSA) is 37.3 Å². The number of aryl methyl sites for hydroxylation is 1. The normalized spacial score (nSPS) is 24.7. The first kappa shape index (κ1) is 9.19. The van der Waals surface area contributed by atoms with Gasteiger partial charge in [-0.1, -0.05) is 12.1 Å². The van der Waals surface area contributed by atoms with Gasteiger partial charge in [-0.05, 0) is 31.4 Å². The van der Waals surface area contributed by atoms with Gasteiger partial charge < -0.3 is 5.11 Å². The van der Waals surface area contributed by atoms with Crippen LogP contribution in [0, 0.1) is 5.82 Å². The van der Waals surface area contributed by atoms with E-state index in [0.29, 0.717) is 18.4 Å². The fourth-order valence-corrected chi connectivity index (χ4v) is 2.12. The van der Waals surface area contributed by atoms with E-state index < -0.39 is 17.2 Å². The summed E-state index contributed by atoms with van der Waals surface area (Å²) in [4.78, 5) is 11.1. The lowest BCUT2D eigenvalue weighted by Gasteiger charge is -2.19. The van der Waals surface area contributed by atoms with Crippen LogP contribution in [0.2, 0.25) is 0 Å². The molecule has 1 atom stereocenters. The van der Waals surface area contributed by atoms with Gasteiger partial charge in [0.1, 0.15) is 5.82 Å². The summed E-state index contributed by atoms with van der Waals surface area (Å²) in [6.07, 6.45) is 1.13. The fourth-order valence-electron chi connectivity index (χ4n) is 2.12. The Morgan fingerprint density at radius 3 is 2.93 bits per heavy atom. The zero-order valence-corrected chi connectivity index (χ0v) is 7.88. The minimum atomic E-state index is -1.04. The number of fused-ring (bicyclic) bond motifs is 1. The summed E-state index contributed by atoms with van der Waals surface area (Å²) in [7, 11) is 0. The summed E-state index contributed by atoms with van der Waals surface area (Å²) in [5.41, 5.74) is 0.156. The largest absolute Gasteiger partial charge is 0.481 e. The number of aliphatic carboxylic acids is 1. The Morgan fingerprint density at radius 1 is 1.57 bits per heavy atom. The summed E-state index contributed by atoms with van der Waals surface area (Å²) < 4.78 is 13.5. The molecule has 0 fully saturated rings. The molecular weight excluding hydrogens is 183 g/mol. The first-order valence-corrected chi connectivity index (χ1v) is 4.57. The summed E-state index contributed by atoms with van der Waals surface area (Å²) in [6, 6.07) is 4.75. The van der Waals surface area contributed by atoms with Crippen molar-refractivity contribution in [1.29, 1.82) is 0 Å². The molecule has 1 N–H and O–H groups in total. The van der Waals surface area contributed by atoms with Crippen molar-refractivity contribution < 1.29 is 14.3 Å². The number of carboxylic acid groups (broad SMARTS) is 1. The molecule has 0 bridgehead atoms. The third-order valence-electron chi connectivity index (χ3n) is 3.02. The van der Waals surface area contributed by atoms with Crippen LogP contribution in [-0.4, -0.2) is 11.1 Å². The first-order valence-electron chi connectivity index (χ1n) is 4.57. The van der Waals surface area contributed by atoms with Gasteiger partial charge in [-0.3, -0.25) is 4.79 Å². The molecule has 0 radical (unpaired) electrons. The summed E-state index contributed by atoms with van der Waals surface area (Å²) in [5.74, 6) is -1.34. The maximum Gasteiger partial charge on any atom is 0.313 e. The molecule has 0 aromatic heterocycles. The highest BCUT2D eigenvalue weighted by atomic mass is 19.1. The number of carboxylic acids is 1. The Balaban J connectivity index is 2.64. The first-order chi connectivity index (χ1) is 6.55. The molecule has 0 heterocycles. The van der Waals surface area contributed by atoms with Crippen molar-refractivity contribution in [2.45, 2.75) is 25.2 Å². The lowest BCUT2D eigenvalue weighted by atomic mass is 9.84. The molecule has 2 nitrogen and oxygen atoms in total. The third-order valence-corrected chi connectivity index (χ3v) is 3.02. The Morgan fingerprint density at radius 2 is 2.29 bits per heavy atom. The molecule has 0 saturated carbocycles. The number of hydrogen-bond donors (Lipinski definition) is 1. The van der Waals surface area contributed by atoms with Crippen molar-refractivity contribution >= 4 is 5.97 Å². The van der Waals surface area contributed by atoms with E-state index in [4.69, 9.17) is 5.11 Å². The highest BCUT2D eigenvalue weighted by molar-refractivity contribution is 5.82. The SMILES string of the molecule is CC1(C(=O)O)CCc2cccc(F)c21. The molecule has 1 aliphatic carbocycles. The highest BCUT2D eigenvalue weighted by Gasteiger charge is 2.43. The van der Waals surface area contributed by atoms with Gasteiger partial charge in [-0.15, -0.1) is 0 Å². The smallest absolute Gasteiger partial charge is 0.313 e. The number of rotatable bonds is 1. The van der Waals surface area contributed by atoms with E-state index in [0.717, 1.165) is 5.56 Å². The number of carbonyl (C=O) groups is 1. The lowest BCUT2D eigenvalue weighted by molar-refractivity contribution is -0.143. The van der Waals surface area contributed by atoms with Gasteiger partial charge in [0.2, 0.25) is 0 Å². The molecule has 3 heteroatoms. The maximum absolute atomic E-state index is 13.5. The number of halogens is 1. The molecule has 14 heavy (non-hydrogen) atoms. The van der Waals surface area contributed by atoms with Crippen molar-refractivity contribution in [3.63, 3.8) is 0 Å². The Kier molecular flexibility index (Phi) is 1.84. The predicted octanol–water partition coefficient (Wildman–Crippen LogP) is 2.11. The monoisotopic (exact) mass is 194 g/mol. The van der Waals surface area contributed by atoms with E-state index in [1.165, 1.54) is 6.07 Å².